The van der Waals surface area contributed by atoms with Crippen molar-refractivity contribution in [3.8, 4) is 17.8 Å². The Kier molecular flexibility index (Phi) is 4.26. The van der Waals surface area contributed by atoms with Crippen LogP contribution in [0.25, 0.3) is 11.8 Å². The molecule has 0 unspecified atom stereocenters. The fourth-order valence-corrected chi connectivity index (χ4v) is 2.46. The minimum absolute atomic E-state index is 0.122. The highest BCUT2D eigenvalue weighted by Crippen LogP contribution is 2.23. The van der Waals surface area contributed by atoms with Gasteiger partial charge in [-0.3, -0.25) is 0 Å². The Balaban J connectivity index is 2.51. The zero-order valence-electron chi connectivity index (χ0n) is 12.5. The Bertz CT molecular complexity index is 747. The third-order valence-corrected chi connectivity index (χ3v) is 3.61. The van der Waals surface area contributed by atoms with Crippen LogP contribution in [0.1, 0.15) is 29.4 Å². The van der Waals surface area contributed by atoms with E-state index in [0.717, 1.165) is 29.1 Å². The molecule has 3 heteroatoms. The predicted octanol–water partition coefficient (Wildman–Crippen LogP) is 4.09. The molecular formula is C18H17N3. The molecule has 0 saturated heterocycles. The number of allylic oxidation sites excluding steroid dienone is 1. The number of rotatable bonds is 3. The van der Waals surface area contributed by atoms with Gasteiger partial charge in [0, 0.05) is 17.1 Å². The minimum Gasteiger partial charge on any atom is -0.318 e. The molecule has 0 aliphatic rings. The molecular weight excluding hydrogens is 258 g/mol. The van der Waals surface area contributed by atoms with E-state index in [9.17, 15) is 0 Å². The van der Waals surface area contributed by atoms with E-state index >= 15 is 0 Å². The highest BCUT2D eigenvalue weighted by Gasteiger charge is 2.10. The van der Waals surface area contributed by atoms with E-state index in [1.807, 2.05) is 32.1 Å². The molecule has 2 rings (SSSR count). The van der Waals surface area contributed by atoms with Gasteiger partial charge < -0.3 is 4.57 Å². The van der Waals surface area contributed by atoms with Gasteiger partial charge in [0.15, 0.2) is 0 Å². The van der Waals surface area contributed by atoms with Crippen molar-refractivity contribution in [3.63, 3.8) is 0 Å². The monoisotopic (exact) mass is 275 g/mol. The van der Waals surface area contributed by atoms with Gasteiger partial charge in [0.25, 0.3) is 0 Å². The zero-order chi connectivity index (χ0) is 15.4. The summed E-state index contributed by atoms with van der Waals surface area (Å²) in [5, 5.41) is 17.8. The van der Waals surface area contributed by atoms with Crippen LogP contribution in [0.15, 0.2) is 35.9 Å². The second-order valence-electron chi connectivity index (χ2n) is 4.96. The standard InChI is InChI=1S/C18H17N3/c1-4-15-5-7-18(8-6-15)21-13(2)9-17(14(21)3)10-16(11-19)12-20/h5-10H,4H2,1-3H3. The molecule has 0 fully saturated rings. The Hall–Kier alpha value is -2.78. The predicted molar refractivity (Wildman–Crippen MR) is 83.8 cm³/mol. The average molecular weight is 275 g/mol. The number of benzene rings is 1. The second-order valence-corrected chi connectivity index (χ2v) is 4.96. The molecule has 1 aromatic heterocycles. The number of hydrogen-bond acceptors (Lipinski definition) is 2. The van der Waals surface area contributed by atoms with E-state index in [-0.39, 0.29) is 5.57 Å². The first-order valence-corrected chi connectivity index (χ1v) is 6.90. The molecule has 0 bridgehead atoms. The molecule has 1 aromatic carbocycles. The lowest BCUT2D eigenvalue weighted by Gasteiger charge is -2.10. The van der Waals surface area contributed by atoms with Gasteiger partial charge in [-0.2, -0.15) is 10.5 Å². The summed E-state index contributed by atoms with van der Waals surface area (Å²) in [6.07, 6.45) is 2.66. The molecule has 0 N–H and O–H groups in total. The Morgan fingerprint density at radius 2 is 1.76 bits per heavy atom. The zero-order valence-corrected chi connectivity index (χ0v) is 12.5. The molecule has 0 aliphatic carbocycles. The maximum absolute atomic E-state index is 8.88. The van der Waals surface area contributed by atoms with Crippen LogP contribution in [0.5, 0.6) is 0 Å². The fourth-order valence-electron chi connectivity index (χ4n) is 2.46. The van der Waals surface area contributed by atoms with Crippen LogP contribution in [0.2, 0.25) is 0 Å². The molecule has 104 valence electrons. The summed E-state index contributed by atoms with van der Waals surface area (Å²) in [5.41, 5.74) is 5.54. The van der Waals surface area contributed by atoms with Crippen LogP contribution in [-0.2, 0) is 6.42 Å². The van der Waals surface area contributed by atoms with Crippen LogP contribution >= 0.6 is 0 Å². The summed E-state index contributed by atoms with van der Waals surface area (Å²) in [5.74, 6) is 0. The topological polar surface area (TPSA) is 52.5 Å². The first kappa shape index (κ1) is 14.6. The molecule has 21 heavy (non-hydrogen) atoms. The maximum atomic E-state index is 8.88. The van der Waals surface area contributed by atoms with Gasteiger partial charge in [-0.1, -0.05) is 19.1 Å². The van der Waals surface area contributed by atoms with Crippen LogP contribution in [0, 0.1) is 36.5 Å². The second kappa shape index (κ2) is 6.11. The number of aromatic nitrogens is 1. The Morgan fingerprint density at radius 1 is 1.14 bits per heavy atom. The van der Waals surface area contributed by atoms with Crippen molar-refractivity contribution < 1.29 is 0 Å². The molecule has 0 radical (unpaired) electrons. The highest BCUT2D eigenvalue weighted by atomic mass is 15.0. The quantitative estimate of drug-likeness (QED) is 0.792. The lowest BCUT2D eigenvalue weighted by Crippen LogP contribution is -1.99. The van der Waals surface area contributed by atoms with E-state index < -0.39 is 0 Å². The first-order valence-electron chi connectivity index (χ1n) is 6.90. The maximum Gasteiger partial charge on any atom is 0.130 e. The largest absolute Gasteiger partial charge is 0.318 e. The number of hydrogen-bond donors (Lipinski definition) is 0. The molecule has 2 aromatic rings. The van der Waals surface area contributed by atoms with Crippen molar-refractivity contribution in [2.24, 2.45) is 0 Å². The fraction of sp³-hybridized carbons (Fsp3) is 0.222. The summed E-state index contributed by atoms with van der Waals surface area (Å²) in [6, 6.07) is 14.2. The van der Waals surface area contributed by atoms with Crippen molar-refractivity contribution in [1.29, 1.82) is 10.5 Å². The van der Waals surface area contributed by atoms with Crippen molar-refractivity contribution in [1.82, 2.24) is 4.57 Å². The summed E-state index contributed by atoms with van der Waals surface area (Å²) in [7, 11) is 0. The summed E-state index contributed by atoms with van der Waals surface area (Å²) in [4.78, 5) is 0. The molecule has 0 amide bonds. The normalized spacial score (nSPS) is 9.76. The van der Waals surface area contributed by atoms with Crippen molar-refractivity contribution in [2.75, 3.05) is 0 Å². The van der Waals surface area contributed by atoms with E-state index in [4.69, 9.17) is 10.5 Å². The first-order chi connectivity index (χ1) is 10.1. The van der Waals surface area contributed by atoms with Crippen LogP contribution < -0.4 is 0 Å². The van der Waals surface area contributed by atoms with E-state index in [1.54, 1.807) is 6.08 Å². The highest BCUT2D eigenvalue weighted by molar-refractivity contribution is 5.65. The van der Waals surface area contributed by atoms with Gasteiger partial charge in [-0.25, -0.2) is 0 Å². The van der Waals surface area contributed by atoms with Gasteiger partial charge in [0.2, 0.25) is 0 Å². The van der Waals surface area contributed by atoms with Gasteiger partial charge in [-0.15, -0.1) is 0 Å². The number of nitrogens with zero attached hydrogens (tertiary/aromatic N) is 3. The van der Waals surface area contributed by atoms with Crippen LogP contribution in [0.3, 0.4) is 0 Å². The van der Waals surface area contributed by atoms with Gasteiger partial charge >= 0.3 is 0 Å². The lowest BCUT2D eigenvalue weighted by molar-refractivity contribution is 0.961. The van der Waals surface area contributed by atoms with E-state index in [2.05, 4.69) is 35.8 Å². The van der Waals surface area contributed by atoms with Gasteiger partial charge in [-0.05, 0) is 55.7 Å². The molecule has 1 heterocycles. The molecule has 3 nitrogen and oxygen atoms in total. The van der Waals surface area contributed by atoms with Crippen molar-refractivity contribution in [3.05, 3.63) is 58.4 Å². The Morgan fingerprint density at radius 3 is 2.29 bits per heavy atom. The SMILES string of the molecule is CCc1ccc(-n2c(C)cc(C=C(C#N)C#N)c2C)cc1. The lowest BCUT2D eigenvalue weighted by atomic mass is 10.1. The number of nitriles is 2. The van der Waals surface area contributed by atoms with Crippen molar-refractivity contribution in [2.45, 2.75) is 27.2 Å². The molecule has 0 saturated carbocycles. The average Bonchev–Trinajstić information content (AvgIpc) is 2.79. The van der Waals surface area contributed by atoms with E-state index in [0.29, 0.717) is 0 Å². The van der Waals surface area contributed by atoms with E-state index in [1.165, 1.54) is 5.56 Å². The summed E-state index contributed by atoms with van der Waals surface area (Å²) in [6.45, 7) is 6.16. The third-order valence-electron chi connectivity index (χ3n) is 3.61. The van der Waals surface area contributed by atoms with Gasteiger partial charge in [0.1, 0.15) is 17.7 Å². The Labute approximate surface area is 125 Å². The number of aryl methyl sites for hydroxylation is 2. The smallest absolute Gasteiger partial charge is 0.130 e. The van der Waals surface area contributed by atoms with Crippen molar-refractivity contribution >= 4 is 6.08 Å². The van der Waals surface area contributed by atoms with Crippen LogP contribution in [-0.4, -0.2) is 4.57 Å². The molecule has 0 spiro atoms. The molecule has 0 atom stereocenters. The van der Waals surface area contributed by atoms with Gasteiger partial charge in [0.05, 0.1) is 0 Å². The minimum atomic E-state index is 0.122. The molecule has 0 aliphatic heterocycles. The summed E-state index contributed by atoms with van der Waals surface area (Å²) < 4.78 is 2.14. The summed E-state index contributed by atoms with van der Waals surface area (Å²) >= 11 is 0. The van der Waals surface area contributed by atoms with Crippen LogP contribution in [0.4, 0.5) is 0 Å². The third kappa shape index (κ3) is 2.88.